The number of halogens is 2. The van der Waals surface area contributed by atoms with Crippen LogP contribution in [0.2, 0.25) is 5.02 Å². The van der Waals surface area contributed by atoms with Gasteiger partial charge in [0.1, 0.15) is 17.7 Å². The second-order valence-corrected chi connectivity index (χ2v) is 8.60. The van der Waals surface area contributed by atoms with Crippen molar-refractivity contribution in [1.29, 1.82) is 0 Å². The van der Waals surface area contributed by atoms with Crippen LogP contribution in [0.25, 0.3) is 0 Å². The third-order valence-electron chi connectivity index (χ3n) is 5.73. The van der Waals surface area contributed by atoms with Crippen molar-refractivity contribution in [2.24, 2.45) is 11.8 Å². The van der Waals surface area contributed by atoms with Crippen molar-refractivity contribution in [3.63, 3.8) is 0 Å². The number of amides is 1. The van der Waals surface area contributed by atoms with E-state index in [4.69, 9.17) is 16.3 Å². The predicted molar refractivity (Wildman–Crippen MR) is 98.7 cm³/mol. The SMILES string of the molecule is CC(C)(O)C1CCC(NC(=O)C2CC(Oc3cc(F)ccc3Cl)C2)CC1. The summed E-state index contributed by atoms with van der Waals surface area (Å²) in [6, 6.07) is 4.23. The molecule has 6 heteroatoms. The molecule has 0 spiro atoms. The Morgan fingerprint density at radius 1 is 1.27 bits per heavy atom. The highest BCUT2D eigenvalue weighted by Crippen LogP contribution is 2.36. The van der Waals surface area contributed by atoms with Crippen LogP contribution >= 0.6 is 11.6 Å². The molecule has 1 aromatic carbocycles. The van der Waals surface area contributed by atoms with Crippen molar-refractivity contribution < 1.29 is 19.0 Å². The minimum absolute atomic E-state index is 0.0562. The molecule has 2 fully saturated rings. The second kappa shape index (κ2) is 7.73. The first kappa shape index (κ1) is 19.4. The Morgan fingerprint density at radius 3 is 2.54 bits per heavy atom. The van der Waals surface area contributed by atoms with E-state index in [-0.39, 0.29) is 29.8 Å². The topological polar surface area (TPSA) is 58.6 Å². The molecule has 2 N–H and O–H groups in total. The molecule has 1 aromatic rings. The van der Waals surface area contributed by atoms with Gasteiger partial charge in [-0.1, -0.05) is 11.6 Å². The predicted octanol–water partition coefficient (Wildman–Crippen LogP) is 4.08. The molecule has 0 atom stereocenters. The van der Waals surface area contributed by atoms with Gasteiger partial charge in [-0.05, 0) is 70.4 Å². The van der Waals surface area contributed by atoms with Crippen molar-refractivity contribution in [2.45, 2.75) is 70.1 Å². The summed E-state index contributed by atoms with van der Waals surface area (Å²) in [6.07, 6.45) is 4.83. The Balaban J connectivity index is 1.41. The molecule has 3 rings (SSSR count). The number of benzene rings is 1. The van der Waals surface area contributed by atoms with Crippen molar-refractivity contribution in [3.8, 4) is 5.75 Å². The van der Waals surface area contributed by atoms with E-state index >= 15 is 0 Å². The molecule has 1 amide bonds. The van der Waals surface area contributed by atoms with Crippen LogP contribution in [-0.4, -0.2) is 28.8 Å². The number of carbonyl (C=O) groups is 1. The molecule has 2 aliphatic rings. The van der Waals surface area contributed by atoms with Gasteiger partial charge in [-0.25, -0.2) is 4.39 Å². The average Bonchev–Trinajstić information content (AvgIpc) is 2.53. The zero-order chi connectivity index (χ0) is 18.9. The number of aliphatic hydroxyl groups is 1. The number of hydrogen-bond acceptors (Lipinski definition) is 3. The summed E-state index contributed by atoms with van der Waals surface area (Å²) in [7, 11) is 0. The normalized spacial score (nSPS) is 29.0. The number of hydrogen-bond donors (Lipinski definition) is 2. The van der Waals surface area contributed by atoms with E-state index < -0.39 is 5.60 Å². The van der Waals surface area contributed by atoms with E-state index in [1.807, 2.05) is 13.8 Å². The van der Waals surface area contributed by atoms with Gasteiger partial charge in [0.05, 0.1) is 10.6 Å². The van der Waals surface area contributed by atoms with Crippen LogP contribution in [0.3, 0.4) is 0 Å². The largest absolute Gasteiger partial charge is 0.489 e. The van der Waals surface area contributed by atoms with Gasteiger partial charge in [-0.2, -0.15) is 0 Å². The first-order valence-corrected chi connectivity index (χ1v) is 9.74. The number of rotatable bonds is 5. The van der Waals surface area contributed by atoms with Gasteiger partial charge in [-0.3, -0.25) is 4.79 Å². The van der Waals surface area contributed by atoms with Crippen molar-refractivity contribution >= 4 is 17.5 Å². The molecular formula is C20H27ClFNO3. The Hall–Kier alpha value is -1.33. The maximum Gasteiger partial charge on any atom is 0.223 e. The molecule has 0 saturated heterocycles. The number of carbonyl (C=O) groups excluding carboxylic acids is 1. The summed E-state index contributed by atoms with van der Waals surface area (Å²) in [5.74, 6) is 0.259. The van der Waals surface area contributed by atoms with Crippen LogP contribution in [0.5, 0.6) is 5.75 Å². The third kappa shape index (κ3) is 4.68. The van der Waals surface area contributed by atoms with Crippen molar-refractivity contribution in [3.05, 3.63) is 29.0 Å². The van der Waals surface area contributed by atoms with E-state index in [1.165, 1.54) is 18.2 Å². The van der Waals surface area contributed by atoms with Crippen LogP contribution in [0.15, 0.2) is 18.2 Å². The van der Waals surface area contributed by atoms with E-state index in [9.17, 15) is 14.3 Å². The fourth-order valence-corrected chi connectivity index (χ4v) is 4.05. The van der Waals surface area contributed by atoms with E-state index in [0.717, 1.165) is 25.7 Å². The Bertz CT molecular complexity index is 647. The van der Waals surface area contributed by atoms with Gasteiger partial charge in [0.25, 0.3) is 0 Å². The highest BCUT2D eigenvalue weighted by atomic mass is 35.5. The first-order chi connectivity index (χ1) is 12.2. The molecule has 0 radical (unpaired) electrons. The Morgan fingerprint density at radius 2 is 1.92 bits per heavy atom. The summed E-state index contributed by atoms with van der Waals surface area (Å²) >= 11 is 6.00. The minimum atomic E-state index is -0.647. The Kier molecular flexibility index (Phi) is 5.78. The second-order valence-electron chi connectivity index (χ2n) is 8.19. The smallest absolute Gasteiger partial charge is 0.223 e. The monoisotopic (exact) mass is 383 g/mol. The molecule has 2 aliphatic carbocycles. The lowest BCUT2D eigenvalue weighted by Gasteiger charge is -2.38. The fraction of sp³-hybridized carbons (Fsp3) is 0.650. The van der Waals surface area contributed by atoms with Gasteiger partial charge >= 0.3 is 0 Å². The molecule has 2 saturated carbocycles. The van der Waals surface area contributed by atoms with Gasteiger partial charge < -0.3 is 15.2 Å². The summed E-state index contributed by atoms with van der Waals surface area (Å²) < 4.78 is 19.0. The minimum Gasteiger partial charge on any atom is -0.489 e. The molecule has 4 nitrogen and oxygen atoms in total. The summed E-state index contributed by atoms with van der Waals surface area (Å²) in [5.41, 5.74) is -0.647. The molecular weight excluding hydrogens is 357 g/mol. The van der Waals surface area contributed by atoms with Crippen molar-refractivity contribution in [1.82, 2.24) is 5.32 Å². The van der Waals surface area contributed by atoms with Crippen LogP contribution in [-0.2, 0) is 4.79 Å². The van der Waals surface area contributed by atoms with E-state index in [1.54, 1.807) is 0 Å². The zero-order valence-corrected chi connectivity index (χ0v) is 16.1. The number of ether oxygens (including phenoxy) is 1. The molecule has 144 valence electrons. The lowest BCUT2D eigenvalue weighted by Crippen LogP contribution is -2.48. The molecule has 0 bridgehead atoms. The van der Waals surface area contributed by atoms with Gasteiger partial charge in [-0.15, -0.1) is 0 Å². The van der Waals surface area contributed by atoms with Crippen LogP contribution < -0.4 is 10.1 Å². The maximum absolute atomic E-state index is 13.3. The maximum atomic E-state index is 13.3. The fourth-order valence-electron chi connectivity index (χ4n) is 3.89. The molecule has 0 heterocycles. The molecule has 0 aromatic heterocycles. The third-order valence-corrected chi connectivity index (χ3v) is 6.04. The van der Waals surface area contributed by atoms with Gasteiger partial charge in [0, 0.05) is 18.0 Å². The van der Waals surface area contributed by atoms with Gasteiger partial charge in [0.2, 0.25) is 5.91 Å². The van der Waals surface area contributed by atoms with Crippen LogP contribution in [0.1, 0.15) is 52.4 Å². The summed E-state index contributed by atoms with van der Waals surface area (Å²) in [4.78, 5) is 12.4. The molecule has 0 unspecified atom stereocenters. The zero-order valence-electron chi connectivity index (χ0n) is 15.3. The van der Waals surface area contributed by atoms with E-state index in [2.05, 4.69) is 5.32 Å². The number of nitrogens with one attached hydrogen (secondary N) is 1. The summed E-state index contributed by atoms with van der Waals surface area (Å²) in [6.45, 7) is 3.71. The van der Waals surface area contributed by atoms with Gasteiger partial charge in [0.15, 0.2) is 0 Å². The highest BCUT2D eigenvalue weighted by Gasteiger charge is 2.38. The standard InChI is InChI=1S/C20H27ClFNO3/c1-20(2,25)13-3-6-15(7-4-13)23-19(24)12-9-16(10-12)26-18-11-14(22)5-8-17(18)21/h5,8,11-13,15-16,25H,3-4,6-7,9-10H2,1-2H3,(H,23,24). The first-order valence-electron chi connectivity index (χ1n) is 9.37. The van der Waals surface area contributed by atoms with Crippen LogP contribution in [0, 0.1) is 17.7 Å². The average molecular weight is 384 g/mol. The molecule has 26 heavy (non-hydrogen) atoms. The lowest BCUT2D eigenvalue weighted by atomic mass is 9.76. The molecule has 0 aliphatic heterocycles. The quantitative estimate of drug-likeness (QED) is 0.805. The highest BCUT2D eigenvalue weighted by molar-refractivity contribution is 6.32. The van der Waals surface area contributed by atoms with E-state index in [0.29, 0.717) is 29.5 Å². The Labute approximate surface area is 159 Å². The lowest BCUT2D eigenvalue weighted by molar-refractivity contribution is -0.131. The van der Waals surface area contributed by atoms with Crippen molar-refractivity contribution in [2.75, 3.05) is 0 Å². The summed E-state index contributed by atoms with van der Waals surface area (Å²) in [5, 5.41) is 13.6. The van der Waals surface area contributed by atoms with Crippen LogP contribution in [0.4, 0.5) is 4.39 Å².